The molecule has 0 bridgehead atoms. The molecule has 0 spiro atoms. The third kappa shape index (κ3) is 3.89. The van der Waals surface area contributed by atoms with E-state index in [-0.39, 0.29) is 17.6 Å². The maximum atomic E-state index is 12.2. The van der Waals surface area contributed by atoms with Crippen LogP contribution in [0.25, 0.3) is 0 Å². The maximum absolute atomic E-state index is 12.2. The molecule has 0 fully saturated rings. The molecule has 2 nitrogen and oxygen atoms in total. The Morgan fingerprint density at radius 3 is 2.52 bits per heavy atom. The Hall–Kier alpha value is -1.26. The number of carbonyl (C=O) groups is 1. The number of fused-ring (bicyclic) bond motifs is 1. The van der Waals surface area contributed by atoms with Crippen LogP contribution in [0.1, 0.15) is 61.3 Å². The van der Waals surface area contributed by atoms with E-state index in [1.807, 2.05) is 17.6 Å². The van der Waals surface area contributed by atoms with Crippen LogP contribution in [-0.2, 0) is 13.0 Å². The molecule has 0 unspecified atom stereocenters. The first-order chi connectivity index (χ1) is 9.59. The first kappa shape index (κ1) is 16.1. The van der Waals surface area contributed by atoms with Gasteiger partial charge in [0, 0.05) is 36.3 Å². The van der Waals surface area contributed by atoms with E-state index in [1.165, 1.54) is 0 Å². The van der Waals surface area contributed by atoms with Crippen LogP contribution >= 0.6 is 0 Å². The van der Waals surface area contributed by atoms with Crippen molar-refractivity contribution in [3.8, 4) is 0 Å². The van der Waals surface area contributed by atoms with Gasteiger partial charge in [-0.2, -0.15) is 13.2 Å². The van der Waals surface area contributed by atoms with Gasteiger partial charge in [0.05, 0.1) is 0 Å². The van der Waals surface area contributed by atoms with Gasteiger partial charge in [0.15, 0.2) is 5.78 Å². The molecule has 1 heterocycles. The number of hydrogen-bond donors (Lipinski definition) is 0. The summed E-state index contributed by atoms with van der Waals surface area (Å²) in [5.41, 5.74) is 2.67. The molecule has 2 rings (SSSR count). The largest absolute Gasteiger partial charge is 0.389 e. The van der Waals surface area contributed by atoms with Gasteiger partial charge in [0.1, 0.15) is 0 Å². The molecule has 0 N–H and O–H groups in total. The van der Waals surface area contributed by atoms with Gasteiger partial charge in [0.2, 0.25) is 0 Å². The Morgan fingerprint density at radius 2 is 1.90 bits per heavy atom. The van der Waals surface area contributed by atoms with Crippen molar-refractivity contribution in [2.45, 2.75) is 65.6 Å². The number of rotatable bonds is 4. The molecule has 0 aromatic carbocycles. The molecular formula is C16H22F3NO. The van der Waals surface area contributed by atoms with Crippen molar-refractivity contribution in [1.29, 1.82) is 0 Å². The van der Waals surface area contributed by atoms with Crippen molar-refractivity contribution < 1.29 is 18.0 Å². The van der Waals surface area contributed by atoms with Gasteiger partial charge in [-0.05, 0) is 37.7 Å². The van der Waals surface area contributed by atoms with Gasteiger partial charge in [0.25, 0.3) is 0 Å². The normalized spacial score (nSPS) is 17.9. The quantitative estimate of drug-likeness (QED) is 0.740. The Bertz CT molecular complexity index is 540. The highest BCUT2D eigenvalue weighted by Crippen LogP contribution is 2.36. The molecule has 0 aliphatic heterocycles. The van der Waals surface area contributed by atoms with Gasteiger partial charge >= 0.3 is 6.18 Å². The van der Waals surface area contributed by atoms with E-state index in [0.717, 1.165) is 23.4 Å². The molecule has 1 aromatic heterocycles. The smallest absolute Gasteiger partial charge is 0.348 e. The van der Waals surface area contributed by atoms with Crippen LogP contribution in [0.2, 0.25) is 0 Å². The highest BCUT2D eigenvalue weighted by molar-refractivity contribution is 5.99. The lowest BCUT2D eigenvalue weighted by Crippen LogP contribution is -2.28. The van der Waals surface area contributed by atoms with Crippen molar-refractivity contribution in [2.24, 2.45) is 5.41 Å². The molecule has 1 aliphatic rings. The Labute approximate surface area is 123 Å². The molecule has 118 valence electrons. The van der Waals surface area contributed by atoms with Crippen LogP contribution < -0.4 is 0 Å². The van der Waals surface area contributed by atoms with Crippen LogP contribution in [0.4, 0.5) is 13.2 Å². The highest BCUT2D eigenvalue weighted by Gasteiger charge is 2.33. The van der Waals surface area contributed by atoms with E-state index >= 15 is 0 Å². The highest BCUT2D eigenvalue weighted by atomic mass is 19.4. The number of hydrogen-bond acceptors (Lipinski definition) is 1. The van der Waals surface area contributed by atoms with Gasteiger partial charge in [-0.25, -0.2) is 0 Å². The third-order valence-corrected chi connectivity index (χ3v) is 4.09. The molecule has 0 amide bonds. The Morgan fingerprint density at radius 1 is 1.24 bits per heavy atom. The van der Waals surface area contributed by atoms with Gasteiger partial charge in [-0.15, -0.1) is 0 Å². The number of halogens is 3. The summed E-state index contributed by atoms with van der Waals surface area (Å²) in [6.07, 6.45) is -2.86. The summed E-state index contributed by atoms with van der Waals surface area (Å²) in [6.45, 7) is 6.59. The van der Waals surface area contributed by atoms with Crippen molar-refractivity contribution >= 4 is 5.78 Å². The van der Waals surface area contributed by atoms with Crippen LogP contribution in [0.15, 0.2) is 6.07 Å². The predicted octanol–water partition coefficient (Wildman–Crippen LogP) is 4.68. The Kier molecular flexibility index (Phi) is 4.22. The van der Waals surface area contributed by atoms with Gasteiger partial charge < -0.3 is 4.57 Å². The lowest BCUT2D eigenvalue weighted by Gasteiger charge is -2.30. The lowest BCUT2D eigenvalue weighted by molar-refractivity contribution is -0.135. The topological polar surface area (TPSA) is 22.0 Å². The minimum atomic E-state index is -4.08. The standard InChI is InChI=1S/C16H22F3NO/c1-11-8-12-13(9-15(2,3)10-14(12)21)20(11)7-5-4-6-16(17,18)19/h8H,4-7,9-10H2,1-3H3. The molecular weight excluding hydrogens is 279 g/mol. The second kappa shape index (κ2) is 5.50. The van der Waals surface area contributed by atoms with Gasteiger partial charge in [-0.1, -0.05) is 13.8 Å². The second-order valence-corrected chi connectivity index (χ2v) is 6.81. The minimum Gasteiger partial charge on any atom is -0.348 e. The summed E-state index contributed by atoms with van der Waals surface area (Å²) >= 11 is 0. The monoisotopic (exact) mass is 301 g/mol. The van der Waals surface area contributed by atoms with Crippen LogP contribution in [0.3, 0.4) is 0 Å². The van der Waals surface area contributed by atoms with E-state index in [2.05, 4.69) is 13.8 Å². The second-order valence-electron chi connectivity index (χ2n) is 6.81. The maximum Gasteiger partial charge on any atom is 0.389 e. The fraction of sp³-hybridized carbons (Fsp3) is 0.688. The molecule has 5 heteroatoms. The van der Waals surface area contributed by atoms with Gasteiger partial charge in [-0.3, -0.25) is 4.79 Å². The zero-order valence-corrected chi connectivity index (χ0v) is 12.8. The minimum absolute atomic E-state index is 0.0708. The van der Waals surface area contributed by atoms with Crippen LogP contribution in [0, 0.1) is 12.3 Å². The zero-order chi connectivity index (χ0) is 15.8. The molecule has 1 aliphatic carbocycles. The van der Waals surface area contributed by atoms with Crippen molar-refractivity contribution in [3.63, 3.8) is 0 Å². The number of carbonyl (C=O) groups excluding carboxylic acids is 1. The number of aryl methyl sites for hydroxylation is 1. The summed E-state index contributed by atoms with van der Waals surface area (Å²) in [4.78, 5) is 12.2. The summed E-state index contributed by atoms with van der Waals surface area (Å²) in [6, 6.07) is 1.89. The molecule has 0 saturated heterocycles. The number of ketones is 1. The first-order valence-electron chi connectivity index (χ1n) is 7.38. The van der Waals surface area contributed by atoms with Crippen LogP contribution in [0.5, 0.6) is 0 Å². The molecule has 0 radical (unpaired) electrons. The van der Waals surface area contributed by atoms with E-state index in [0.29, 0.717) is 19.4 Å². The third-order valence-electron chi connectivity index (χ3n) is 4.09. The predicted molar refractivity (Wildman–Crippen MR) is 75.5 cm³/mol. The van der Waals surface area contributed by atoms with Crippen molar-refractivity contribution in [1.82, 2.24) is 4.57 Å². The number of aromatic nitrogens is 1. The molecule has 1 aromatic rings. The van der Waals surface area contributed by atoms with E-state index in [1.54, 1.807) is 0 Å². The fourth-order valence-electron chi connectivity index (χ4n) is 3.11. The van der Waals surface area contributed by atoms with Crippen LogP contribution in [-0.4, -0.2) is 16.5 Å². The zero-order valence-electron chi connectivity index (χ0n) is 12.8. The number of nitrogens with zero attached hydrogens (tertiary/aromatic N) is 1. The van der Waals surface area contributed by atoms with Crippen molar-refractivity contribution in [2.75, 3.05) is 0 Å². The molecule has 21 heavy (non-hydrogen) atoms. The summed E-state index contributed by atoms with van der Waals surface area (Å²) in [7, 11) is 0. The average molecular weight is 301 g/mol. The van der Waals surface area contributed by atoms with E-state index < -0.39 is 12.6 Å². The molecule has 0 atom stereocenters. The number of unbranched alkanes of at least 4 members (excludes halogenated alkanes) is 1. The van der Waals surface area contributed by atoms with E-state index in [4.69, 9.17) is 0 Å². The number of alkyl halides is 3. The number of Topliss-reactive ketones (excluding diaryl/α,β-unsaturated/α-hetero) is 1. The fourth-order valence-corrected chi connectivity index (χ4v) is 3.11. The summed E-state index contributed by atoms with van der Waals surface area (Å²) in [5, 5.41) is 0. The summed E-state index contributed by atoms with van der Waals surface area (Å²) < 4.78 is 38.6. The average Bonchev–Trinajstić information content (AvgIpc) is 2.59. The summed E-state index contributed by atoms with van der Waals surface area (Å²) in [5.74, 6) is 0.151. The van der Waals surface area contributed by atoms with Crippen molar-refractivity contribution in [3.05, 3.63) is 23.0 Å². The Balaban J connectivity index is 2.09. The first-order valence-corrected chi connectivity index (χ1v) is 7.38. The SMILES string of the molecule is Cc1cc2c(n1CCCCC(F)(F)F)CC(C)(C)CC2=O. The lowest BCUT2D eigenvalue weighted by atomic mass is 9.76. The van der Waals surface area contributed by atoms with E-state index in [9.17, 15) is 18.0 Å². The molecule has 0 saturated carbocycles.